The van der Waals surface area contributed by atoms with Crippen LogP contribution in [0, 0.1) is 12.8 Å². The quantitative estimate of drug-likeness (QED) is 0.290. The first kappa shape index (κ1) is 30.5. The van der Waals surface area contributed by atoms with Crippen molar-refractivity contribution in [1.82, 2.24) is 10.2 Å². The molecule has 3 aromatic rings. The zero-order valence-corrected chi connectivity index (χ0v) is 24.4. The van der Waals surface area contributed by atoms with E-state index in [-0.39, 0.29) is 18.2 Å². The van der Waals surface area contributed by atoms with Gasteiger partial charge in [0.1, 0.15) is 23.4 Å². The lowest BCUT2D eigenvalue weighted by molar-refractivity contribution is -0.141. The predicted molar refractivity (Wildman–Crippen MR) is 158 cm³/mol. The molecule has 3 unspecified atom stereocenters. The molecule has 0 aliphatic heterocycles. The van der Waals surface area contributed by atoms with Crippen molar-refractivity contribution in [2.24, 2.45) is 5.92 Å². The SMILES string of the molecule is CCC(C)C(NC(=O)OC(C)(C)C)C(=O)N(CC)C(C(=O)Nc1ccc2ccccc2c1)c1cccc(C)c1O. The maximum atomic E-state index is 14.1. The Hall–Kier alpha value is -4.07. The van der Waals surface area contributed by atoms with Crippen LogP contribution in [0.5, 0.6) is 5.75 Å². The summed E-state index contributed by atoms with van der Waals surface area (Å²) >= 11 is 0. The number of phenolic OH excluding ortho intramolecular Hbond substituents is 1. The summed E-state index contributed by atoms with van der Waals surface area (Å²) in [5.74, 6) is -1.23. The number of amides is 3. The highest BCUT2D eigenvalue weighted by molar-refractivity contribution is 6.00. The van der Waals surface area contributed by atoms with Crippen molar-refractivity contribution in [3.63, 3.8) is 0 Å². The van der Waals surface area contributed by atoms with Crippen LogP contribution < -0.4 is 10.6 Å². The average Bonchev–Trinajstić information content (AvgIpc) is 2.90. The van der Waals surface area contributed by atoms with E-state index in [1.54, 1.807) is 58.9 Å². The number of phenols is 1. The first-order valence-electron chi connectivity index (χ1n) is 13.7. The molecule has 8 nitrogen and oxygen atoms in total. The average molecular weight is 548 g/mol. The fourth-order valence-electron chi connectivity index (χ4n) is 4.59. The summed E-state index contributed by atoms with van der Waals surface area (Å²) in [5.41, 5.74) is 0.700. The first-order chi connectivity index (χ1) is 18.9. The van der Waals surface area contributed by atoms with Gasteiger partial charge in [-0.1, -0.05) is 68.8 Å². The van der Waals surface area contributed by atoms with Gasteiger partial charge in [-0.05, 0) is 69.0 Å². The number of para-hydroxylation sites is 1. The minimum absolute atomic E-state index is 0.0624. The Balaban J connectivity index is 2.03. The van der Waals surface area contributed by atoms with Gasteiger partial charge in [0.25, 0.3) is 5.91 Å². The van der Waals surface area contributed by atoms with Crippen LogP contribution in [0.3, 0.4) is 0 Å². The highest BCUT2D eigenvalue weighted by atomic mass is 16.6. The highest BCUT2D eigenvalue weighted by Crippen LogP contribution is 2.33. The van der Waals surface area contributed by atoms with E-state index in [4.69, 9.17) is 4.74 Å². The second-order valence-corrected chi connectivity index (χ2v) is 11.1. The third-order valence-electron chi connectivity index (χ3n) is 6.92. The van der Waals surface area contributed by atoms with E-state index in [0.717, 1.165) is 10.8 Å². The third-order valence-corrected chi connectivity index (χ3v) is 6.92. The number of rotatable bonds is 9. The molecule has 0 aromatic heterocycles. The van der Waals surface area contributed by atoms with Crippen LogP contribution in [0.15, 0.2) is 60.7 Å². The smallest absolute Gasteiger partial charge is 0.408 e. The number of carbonyl (C=O) groups is 3. The summed E-state index contributed by atoms with van der Waals surface area (Å²) < 4.78 is 5.43. The van der Waals surface area contributed by atoms with E-state index in [9.17, 15) is 19.5 Å². The van der Waals surface area contributed by atoms with Gasteiger partial charge in [-0.25, -0.2) is 4.79 Å². The largest absolute Gasteiger partial charge is 0.507 e. The van der Waals surface area contributed by atoms with Crippen molar-refractivity contribution in [1.29, 1.82) is 0 Å². The number of aryl methyl sites for hydroxylation is 1. The molecule has 0 bridgehead atoms. The zero-order valence-electron chi connectivity index (χ0n) is 24.4. The van der Waals surface area contributed by atoms with Gasteiger partial charge in [0.05, 0.1) is 0 Å². The molecule has 3 aromatic carbocycles. The van der Waals surface area contributed by atoms with E-state index >= 15 is 0 Å². The van der Waals surface area contributed by atoms with Crippen molar-refractivity contribution in [3.05, 3.63) is 71.8 Å². The summed E-state index contributed by atoms with van der Waals surface area (Å²) in [4.78, 5) is 42.2. The summed E-state index contributed by atoms with van der Waals surface area (Å²) in [6, 6.07) is 16.4. The van der Waals surface area contributed by atoms with E-state index in [2.05, 4.69) is 10.6 Å². The van der Waals surface area contributed by atoms with Gasteiger partial charge >= 0.3 is 6.09 Å². The summed E-state index contributed by atoms with van der Waals surface area (Å²) in [5, 5.41) is 18.7. The molecule has 3 atom stereocenters. The predicted octanol–water partition coefficient (Wildman–Crippen LogP) is 6.32. The van der Waals surface area contributed by atoms with Crippen LogP contribution in [-0.2, 0) is 14.3 Å². The Labute approximate surface area is 236 Å². The molecule has 0 saturated carbocycles. The van der Waals surface area contributed by atoms with Gasteiger partial charge in [0.2, 0.25) is 5.91 Å². The third kappa shape index (κ3) is 7.31. The van der Waals surface area contributed by atoms with Crippen LogP contribution in [0.2, 0.25) is 0 Å². The molecular formula is C32H41N3O5. The normalized spacial score (nSPS) is 13.7. The maximum Gasteiger partial charge on any atom is 0.408 e. The number of anilines is 1. The number of alkyl carbamates (subject to hydrolysis) is 1. The monoisotopic (exact) mass is 547 g/mol. The molecular weight excluding hydrogens is 506 g/mol. The Morgan fingerprint density at radius 3 is 2.27 bits per heavy atom. The number of nitrogens with zero attached hydrogens (tertiary/aromatic N) is 1. The molecule has 8 heteroatoms. The summed E-state index contributed by atoms with van der Waals surface area (Å²) in [6.07, 6.45) is -0.106. The molecule has 3 amide bonds. The van der Waals surface area contributed by atoms with Gasteiger partial charge in [0, 0.05) is 17.8 Å². The first-order valence-corrected chi connectivity index (χ1v) is 13.7. The Kier molecular flexibility index (Phi) is 9.79. The molecule has 3 rings (SSSR count). The zero-order chi connectivity index (χ0) is 29.6. The van der Waals surface area contributed by atoms with Crippen LogP contribution in [0.4, 0.5) is 10.5 Å². The fourth-order valence-corrected chi connectivity index (χ4v) is 4.59. The van der Waals surface area contributed by atoms with E-state index in [0.29, 0.717) is 23.2 Å². The number of hydrogen-bond donors (Lipinski definition) is 3. The topological polar surface area (TPSA) is 108 Å². The second-order valence-electron chi connectivity index (χ2n) is 11.1. The van der Waals surface area contributed by atoms with Crippen LogP contribution >= 0.6 is 0 Å². The molecule has 3 N–H and O–H groups in total. The lowest BCUT2D eigenvalue weighted by Gasteiger charge is -2.35. The van der Waals surface area contributed by atoms with Gasteiger partial charge in [-0.15, -0.1) is 0 Å². The highest BCUT2D eigenvalue weighted by Gasteiger charge is 2.38. The summed E-state index contributed by atoms with van der Waals surface area (Å²) in [6.45, 7) is 12.7. The molecule has 0 fully saturated rings. The molecule has 0 radical (unpaired) electrons. The van der Waals surface area contributed by atoms with Crippen molar-refractivity contribution in [2.45, 2.75) is 72.6 Å². The lowest BCUT2D eigenvalue weighted by Crippen LogP contribution is -2.54. The number of fused-ring (bicyclic) bond motifs is 1. The van der Waals surface area contributed by atoms with Gasteiger partial charge in [0.15, 0.2) is 0 Å². The van der Waals surface area contributed by atoms with Crippen molar-refractivity contribution < 1.29 is 24.2 Å². The number of aromatic hydroxyl groups is 1. The maximum absolute atomic E-state index is 14.1. The number of ether oxygens (including phenoxy) is 1. The number of likely N-dealkylation sites (N-methyl/N-ethyl adjacent to an activating group) is 1. The molecule has 0 aliphatic carbocycles. The van der Waals surface area contributed by atoms with Gasteiger partial charge in [-0.2, -0.15) is 0 Å². The Bertz CT molecular complexity index is 1360. The minimum Gasteiger partial charge on any atom is -0.507 e. The van der Waals surface area contributed by atoms with E-state index < -0.39 is 35.6 Å². The van der Waals surface area contributed by atoms with Crippen LogP contribution in [-0.4, -0.2) is 46.1 Å². The standard InChI is InChI=1S/C32H41N3O5/c1-8-20(3)26(34-31(39)40-32(5,6)7)30(38)35(9-2)27(25-16-12-13-21(4)28(25)36)29(37)33-24-18-17-22-14-10-11-15-23(22)19-24/h10-20,26-27,36H,8-9H2,1-7H3,(H,33,37)(H,34,39). The summed E-state index contributed by atoms with van der Waals surface area (Å²) in [7, 11) is 0. The number of nitrogens with one attached hydrogen (secondary N) is 2. The molecule has 0 spiro atoms. The number of benzene rings is 3. The molecule has 0 heterocycles. The number of carbonyl (C=O) groups excluding carboxylic acids is 3. The minimum atomic E-state index is -1.16. The van der Waals surface area contributed by atoms with Crippen molar-refractivity contribution in [2.75, 3.05) is 11.9 Å². The lowest BCUT2D eigenvalue weighted by atomic mass is 9.95. The van der Waals surface area contributed by atoms with Crippen molar-refractivity contribution >= 4 is 34.4 Å². The van der Waals surface area contributed by atoms with Crippen LogP contribution in [0.1, 0.15) is 65.1 Å². The number of hydrogen-bond acceptors (Lipinski definition) is 5. The molecule has 0 aliphatic rings. The van der Waals surface area contributed by atoms with Gasteiger partial charge in [-0.3, -0.25) is 9.59 Å². The van der Waals surface area contributed by atoms with Gasteiger partial charge < -0.3 is 25.4 Å². The molecule has 0 saturated heterocycles. The molecule has 214 valence electrons. The Morgan fingerprint density at radius 2 is 1.65 bits per heavy atom. The fraction of sp³-hybridized carbons (Fsp3) is 0.406. The second kappa shape index (κ2) is 12.9. The van der Waals surface area contributed by atoms with E-state index in [1.165, 1.54) is 4.90 Å². The molecule has 40 heavy (non-hydrogen) atoms. The van der Waals surface area contributed by atoms with Crippen LogP contribution in [0.25, 0.3) is 10.8 Å². The Morgan fingerprint density at radius 1 is 0.975 bits per heavy atom. The van der Waals surface area contributed by atoms with Crippen molar-refractivity contribution in [3.8, 4) is 5.75 Å². The van der Waals surface area contributed by atoms with E-state index in [1.807, 2.05) is 50.2 Å².